The summed E-state index contributed by atoms with van der Waals surface area (Å²) in [5.74, 6) is -0.0210. The van der Waals surface area contributed by atoms with Crippen molar-refractivity contribution in [1.82, 2.24) is 9.80 Å². The first-order valence-corrected chi connectivity index (χ1v) is 6.88. The number of nitrogens with two attached hydrogens (primary N) is 1. The van der Waals surface area contributed by atoms with Crippen molar-refractivity contribution < 1.29 is 4.79 Å². The van der Waals surface area contributed by atoms with E-state index in [0.717, 1.165) is 18.8 Å². The largest absolute Gasteiger partial charge is 0.397 e. The third kappa shape index (κ3) is 4.42. The molecule has 20 heavy (non-hydrogen) atoms. The highest BCUT2D eigenvalue weighted by Gasteiger charge is 2.10. The van der Waals surface area contributed by atoms with E-state index in [9.17, 15) is 4.79 Å². The van der Waals surface area contributed by atoms with E-state index in [1.165, 1.54) is 0 Å². The lowest BCUT2D eigenvalue weighted by atomic mass is 10.1. The van der Waals surface area contributed by atoms with Crippen molar-refractivity contribution in [1.29, 1.82) is 0 Å². The van der Waals surface area contributed by atoms with Crippen molar-refractivity contribution in [3.05, 3.63) is 23.8 Å². The van der Waals surface area contributed by atoms with Gasteiger partial charge < -0.3 is 20.9 Å². The van der Waals surface area contributed by atoms with Crippen molar-refractivity contribution in [3.8, 4) is 0 Å². The summed E-state index contributed by atoms with van der Waals surface area (Å²) in [6.45, 7) is 6.02. The van der Waals surface area contributed by atoms with Gasteiger partial charge in [0.2, 0.25) is 0 Å². The number of anilines is 2. The zero-order valence-corrected chi connectivity index (χ0v) is 13.1. The Morgan fingerprint density at radius 3 is 2.50 bits per heavy atom. The summed E-state index contributed by atoms with van der Waals surface area (Å²) in [6.07, 6.45) is 0. The molecule has 5 nitrogen and oxygen atoms in total. The Morgan fingerprint density at radius 1 is 1.30 bits per heavy atom. The number of likely N-dealkylation sites (N-methyl/N-ethyl adjacent to an activating group) is 1. The molecule has 0 aromatic heterocycles. The molecule has 1 aromatic rings. The van der Waals surface area contributed by atoms with E-state index in [1.807, 2.05) is 6.07 Å². The van der Waals surface area contributed by atoms with E-state index in [-0.39, 0.29) is 5.91 Å². The fourth-order valence-corrected chi connectivity index (χ4v) is 1.73. The minimum Gasteiger partial charge on any atom is -0.397 e. The Balaban J connectivity index is 2.70. The third-order valence-electron chi connectivity index (χ3n) is 3.37. The van der Waals surface area contributed by atoms with E-state index in [2.05, 4.69) is 31.1 Å². The van der Waals surface area contributed by atoms with Crippen LogP contribution in [-0.2, 0) is 0 Å². The van der Waals surface area contributed by atoms with Gasteiger partial charge in [-0.3, -0.25) is 4.79 Å². The highest BCUT2D eigenvalue weighted by atomic mass is 16.2. The second-order valence-electron chi connectivity index (χ2n) is 5.50. The van der Waals surface area contributed by atoms with E-state index >= 15 is 0 Å². The average Bonchev–Trinajstić information content (AvgIpc) is 2.39. The van der Waals surface area contributed by atoms with Gasteiger partial charge in [-0.25, -0.2) is 0 Å². The van der Waals surface area contributed by atoms with Crippen LogP contribution in [0.5, 0.6) is 0 Å². The number of hydrogen-bond acceptors (Lipinski definition) is 4. The second-order valence-corrected chi connectivity index (χ2v) is 5.50. The number of carbonyl (C=O) groups excluding carboxylic acids is 1. The van der Waals surface area contributed by atoms with Gasteiger partial charge in [-0.2, -0.15) is 0 Å². The molecule has 112 valence electrons. The molecule has 0 radical (unpaired) electrons. The normalized spacial score (nSPS) is 10.9. The molecular formula is C15H26N4O. The lowest BCUT2D eigenvalue weighted by Crippen LogP contribution is -2.31. The first-order valence-electron chi connectivity index (χ1n) is 6.88. The maximum atomic E-state index is 11.9. The van der Waals surface area contributed by atoms with Crippen LogP contribution in [0.25, 0.3) is 0 Å². The highest BCUT2D eigenvalue weighted by molar-refractivity contribution is 5.95. The number of nitrogens with zero attached hydrogens (tertiary/aromatic N) is 2. The van der Waals surface area contributed by atoms with Crippen molar-refractivity contribution >= 4 is 17.3 Å². The number of amides is 1. The van der Waals surface area contributed by atoms with Crippen molar-refractivity contribution in [2.45, 2.75) is 19.9 Å². The first-order chi connectivity index (χ1) is 9.32. The Hall–Kier alpha value is -1.75. The predicted octanol–water partition coefficient (Wildman–Crippen LogP) is 1.72. The van der Waals surface area contributed by atoms with E-state index in [4.69, 9.17) is 5.73 Å². The van der Waals surface area contributed by atoms with E-state index < -0.39 is 0 Å². The molecule has 0 atom stereocenters. The lowest BCUT2D eigenvalue weighted by molar-refractivity contribution is 0.0827. The Kier molecular flexibility index (Phi) is 5.82. The minimum absolute atomic E-state index is 0.0210. The van der Waals surface area contributed by atoms with Crippen LogP contribution < -0.4 is 11.1 Å². The van der Waals surface area contributed by atoms with Gasteiger partial charge in [0.1, 0.15) is 0 Å². The first kappa shape index (κ1) is 16.3. The SMILES string of the molecule is CC(C)N(C)CCNc1cc(C(=O)N(C)C)ccc1N. The molecule has 0 saturated heterocycles. The molecule has 1 amide bonds. The number of carbonyl (C=O) groups is 1. The molecule has 0 bridgehead atoms. The van der Waals surface area contributed by atoms with Crippen LogP contribution in [0.4, 0.5) is 11.4 Å². The standard InChI is InChI=1S/C15H26N4O/c1-11(2)19(5)9-8-17-14-10-12(6-7-13(14)16)15(20)18(3)4/h6-7,10-11,17H,8-9,16H2,1-5H3. The van der Waals surface area contributed by atoms with Gasteiger partial charge in [0.25, 0.3) is 5.91 Å². The Labute approximate surface area is 121 Å². The number of hydrogen-bond donors (Lipinski definition) is 2. The van der Waals surface area contributed by atoms with Crippen LogP contribution in [0.3, 0.4) is 0 Å². The molecule has 0 aliphatic heterocycles. The predicted molar refractivity (Wildman–Crippen MR) is 85.1 cm³/mol. The number of nitrogen functional groups attached to an aromatic ring is 1. The van der Waals surface area contributed by atoms with Crippen LogP contribution in [0.2, 0.25) is 0 Å². The van der Waals surface area contributed by atoms with Gasteiger partial charge in [0, 0.05) is 38.8 Å². The summed E-state index contributed by atoms with van der Waals surface area (Å²) < 4.78 is 0. The van der Waals surface area contributed by atoms with Crippen molar-refractivity contribution in [3.63, 3.8) is 0 Å². The zero-order chi connectivity index (χ0) is 15.3. The van der Waals surface area contributed by atoms with Gasteiger partial charge in [0.15, 0.2) is 0 Å². The molecule has 3 N–H and O–H groups in total. The second kappa shape index (κ2) is 7.14. The fourth-order valence-electron chi connectivity index (χ4n) is 1.73. The molecule has 0 aliphatic rings. The quantitative estimate of drug-likeness (QED) is 0.778. The summed E-state index contributed by atoms with van der Waals surface area (Å²) in [6, 6.07) is 5.84. The van der Waals surface area contributed by atoms with E-state index in [1.54, 1.807) is 31.1 Å². The number of nitrogens with one attached hydrogen (secondary N) is 1. The smallest absolute Gasteiger partial charge is 0.253 e. The third-order valence-corrected chi connectivity index (χ3v) is 3.37. The average molecular weight is 278 g/mol. The van der Waals surface area contributed by atoms with Crippen LogP contribution in [-0.4, -0.2) is 56.0 Å². The molecule has 0 unspecified atom stereocenters. The van der Waals surface area contributed by atoms with Crippen LogP contribution >= 0.6 is 0 Å². The van der Waals surface area contributed by atoms with Crippen LogP contribution in [0, 0.1) is 0 Å². The molecule has 1 rings (SSSR count). The van der Waals surface area contributed by atoms with Gasteiger partial charge in [-0.05, 0) is 39.1 Å². The molecule has 1 aromatic carbocycles. The summed E-state index contributed by atoms with van der Waals surface area (Å²) in [7, 11) is 5.56. The van der Waals surface area contributed by atoms with Gasteiger partial charge >= 0.3 is 0 Å². The fraction of sp³-hybridized carbons (Fsp3) is 0.533. The topological polar surface area (TPSA) is 61.6 Å². The molecule has 0 saturated carbocycles. The highest BCUT2D eigenvalue weighted by Crippen LogP contribution is 2.20. The Morgan fingerprint density at radius 2 is 1.95 bits per heavy atom. The zero-order valence-electron chi connectivity index (χ0n) is 13.1. The van der Waals surface area contributed by atoms with Crippen molar-refractivity contribution in [2.75, 3.05) is 45.3 Å². The van der Waals surface area contributed by atoms with Crippen LogP contribution in [0.1, 0.15) is 24.2 Å². The monoisotopic (exact) mass is 278 g/mol. The molecule has 0 aliphatic carbocycles. The van der Waals surface area contributed by atoms with Crippen molar-refractivity contribution in [2.24, 2.45) is 0 Å². The number of rotatable bonds is 6. The van der Waals surface area contributed by atoms with Crippen LogP contribution in [0.15, 0.2) is 18.2 Å². The van der Waals surface area contributed by atoms with Gasteiger partial charge in [-0.15, -0.1) is 0 Å². The molecule has 0 spiro atoms. The van der Waals surface area contributed by atoms with Gasteiger partial charge in [-0.1, -0.05) is 0 Å². The lowest BCUT2D eigenvalue weighted by Gasteiger charge is -2.21. The van der Waals surface area contributed by atoms with E-state index in [0.29, 0.717) is 17.3 Å². The molecule has 0 heterocycles. The molecule has 5 heteroatoms. The summed E-state index contributed by atoms with van der Waals surface area (Å²) >= 11 is 0. The van der Waals surface area contributed by atoms with Gasteiger partial charge in [0.05, 0.1) is 11.4 Å². The summed E-state index contributed by atoms with van der Waals surface area (Å²) in [5, 5.41) is 3.30. The molecular weight excluding hydrogens is 252 g/mol. The number of benzene rings is 1. The Bertz CT molecular complexity index is 457. The maximum absolute atomic E-state index is 11.9. The summed E-state index contributed by atoms with van der Waals surface area (Å²) in [4.78, 5) is 15.7. The minimum atomic E-state index is -0.0210. The maximum Gasteiger partial charge on any atom is 0.253 e. The summed E-state index contributed by atoms with van der Waals surface area (Å²) in [5.41, 5.74) is 8.06. The molecule has 0 fully saturated rings.